The van der Waals surface area contributed by atoms with Gasteiger partial charge in [0.05, 0.1) is 6.54 Å². The third kappa shape index (κ3) is 2.23. The largest absolute Gasteiger partial charge is 0.345 e. The molecule has 2 heterocycles. The first-order valence-electron chi connectivity index (χ1n) is 7.19. The maximum absolute atomic E-state index is 12.2. The van der Waals surface area contributed by atoms with Crippen LogP contribution in [0, 0.1) is 5.92 Å². The average Bonchev–Trinajstić information content (AvgIpc) is 3.17. The Morgan fingerprint density at radius 2 is 2.28 bits per heavy atom. The molecule has 1 N–H and O–H groups in total. The molecule has 1 fully saturated rings. The quantitative estimate of drug-likeness (QED) is 0.840. The Morgan fingerprint density at radius 1 is 1.44 bits per heavy atom. The smallest absolute Gasteiger partial charge is 0.312 e. The molecule has 1 aliphatic heterocycles. The monoisotopic (exact) mass is 250 g/mol. The van der Waals surface area contributed by atoms with E-state index in [0.717, 1.165) is 50.6 Å². The third-order valence-electron chi connectivity index (χ3n) is 4.06. The topological polar surface area (TPSA) is 51.9 Å². The Hall–Kier alpha value is -1.10. The van der Waals surface area contributed by atoms with Crippen molar-refractivity contribution in [3.05, 3.63) is 16.3 Å². The zero-order valence-electron chi connectivity index (χ0n) is 11.1. The lowest BCUT2D eigenvalue weighted by atomic mass is 10.2. The van der Waals surface area contributed by atoms with Crippen LogP contribution in [-0.4, -0.2) is 26.9 Å². The Kier molecular flexibility index (Phi) is 3.24. The van der Waals surface area contributed by atoms with E-state index in [1.165, 1.54) is 12.8 Å². The molecule has 1 atom stereocenters. The van der Waals surface area contributed by atoms with E-state index in [1.54, 1.807) is 4.68 Å². The molecular formula is C13H22N4O. The van der Waals surface area contributed by atoms with Crippen LogP contribution < -0.4 is 11.0 Å². The number of nitrogens with zero attached hydrogens (tertiary/aromatic N) is 3. The molecule has 1 unspecified atom stereocenters. The van der Waals surface area contributed by atoms with Crippen molar-refractivity contribution in [2.45, 2.75) is 58.2 Å². The number of aromatic nitrogens is 3. The van der Waals surface area contributed by atoms with Crippen molar-refractivity contribution in [2.24, 2.45) is 5.92 Å². The van der Waals surface area contributed by atoms with Gasteiger partial charge in [-0.05, 0) is 38.1 Å². The Balaban J connectivity index is 1.79. The number of aryl methyl sites for hydroxylation is 1. The van der Waals surface area contributed by atoms with Gasteiger partial charge in [-0.3, -0.25) is 4.57 Å². The zero-order valence-corrected chi connectivity index (χ0v) is 11.1. The Bertz CT molecular complexity index is 472. The number of likely N-dealkylation sites (N-methyl/N-ethyl adjacent to an activating group) is 1. The summed E-state index contributed by atoms with van der Waals surface area (Å²) in [6.07, 6.45) is 5.81. The summed E-state index contributed by atoms with van der Waals surface area (Å²) in [5.74, 6) is 1.73. The van der Waals surface area contributed by atoms with E-state index in [-0.39, 0.29) is 5.69 Å². The van der Waals surface area contributed by atoms with Crippen LogP contribution in [0.5, 0.6) is 0 Å². The highest BCUT2D eigenvalue weighted by Gasteiger charge is 2.31. The third-order valence-corrected chi connectivity index (χ3v) is 4.06. The molecule has 0 amide bonds. The van der Waals surface area contributed by atoms with Gasteiger partial charge in [0.15, 0.2) is 0 Å². The Morgan fingerprint density at radius 3 is 2.94 bits per heavy atom. The standard InChI is InChI=1S/C13H22N4O/c1-2-14-11(10-6-7-10)9-17-13(18)16-8-4-3-5-12(16)15-17/h10-11,14H,2-9H2,1H3. The molecule has 5 heteroatoms. The zero-order chi connectivity index (χ0) is 12.5. The molecule has 1 aromatic heterocycles. The first-order valence-corrected chi connectivity index (χ1v) is 7.19. The highest BCUT2D eigenvalue weighted by molar-refractivity contribution is 4.93. The van der Waals surface area contributed by atoms with E-state index in [2.05, 4.69) is 17.3 Å². The average molecular weight is 250 g/mol. The molecule has 0 aromatic carbocycles. The van der Waals surface area contributed by atoms with Gasteiger partial charge < -0.3 is 5.32 Å². The van der Waals surface area contributed by atoms with E-state index in [4.69, 9.17) is 0 Å². The molecule has 0 radical (unpaired) electrons. The van der Waals surface area contributed by atoms with Gasteiger partial charge in [-0.1, -0.05) is 6.92 Å². The lowest BCUT2D eigenvalue weighted by molar-refractivity contribution is 0.388. The SMILES string of the molecule is CCNC(Cn1nc2n(c1=O)CCCC2)C1CC1. The van der Waals surface area contributed by atoms with Crippen LogP contribution in [0.4, 0.5) is 0 Å². The second kappa shape index (κ2) is 4.88. The lowest BCUT2D eigenvalue weighted by Gasteiger charge is -2.16. The first-order chi connectivity index (χ1) is 8.79. The minimum atomic E-state index is 0.0910. The van der Waals surface area contributed by atoms with Crippen LogP contribution in [0.1, 0.15) is 38.4 Å². The molecule has 1 aliphatic carbocycles. The summed E-state index contributed by atoms with van der Waals surface area (Å²) >= 11 is 0. The number of hydrogen-bond acceptors (Lipinski definition) is 3. The maximum atomic E-state index is 12.2. The molecule has 3 rings (SSSR count). The molecule has 18 heavy (non-hydrogen) atoms. The van der Waals surface area contributed by atoms with E-state index in [1.807, 2.05) is 4.57 Å². The molecule has 0 spiro atoms. The lowest BCUT2D eigenvalue weighted by Crippen LogP contribution is -2.39. The predicted octanol–water partition coefficient (Wildman–Crippen LogP) is 0.769. The second-order valence-corrected chi connectivity index (χ2v) is 5.49. The second-order valence-electron chi connectivity index (χ2n) is 5.49. The van der Waals surface area contributed by atoms with Crippen LogP contribution in [-0.2, 0) is 19.5 Å². The van der Waals surface area contributed by atoms with Crippen molar-refractivity contribution < 1.29 is 0 Å². The normalized spacial score (nSPS) is 20.7. The van der Waals surface area contributed by atoms with Crippen molar-refractivity contribution in [3.63, 3.8) is 0 Å². The number of hydrogen-bond donors (Lipinski definition) is 1. The fraction of sp³-hybridized carbons (Fsp3) is 0.846. The summed E-state index contributed by atoms with van der Waals surface area (Å²) in [5, 5.41) is 8.00. The predicted molar refractivity (Wildman–Crippen MR) is 69.6 cm³/mol. The van der Waals surface area contributed by atoms with Gasteiger partial charge in [0.1, 0.15) is 5.82 Å². The number of fused-ring (bicyclic) bond motifs is 1. The van der Waals surface area contributed by atoms with Gasteiger partial charge in [-0.25, -0.2) is 9.48 Å². The molecule has 0 bridgehead atoms. The van der Waals surface area contributed by atoms with Gasteiger partial charge in [0.2, 0.25) is 0 Å². The van der Waals surface area contributed by atoms with Crippen molar-refractivity contribution in [3.8, 4) is 0 Å². The van der Waals surface area contributed by atoms with Crippen LogP contribution >= 0.6 is 0 Å². The summed E-state index contributed by atoms with van der Waals surface area (Å²) in [7, 11) is 0. The van der Waals surface area contributed by atoms with Gasteiger partial charge in [-0.2, -0.15) is 5.10 Å². The summed E-state index contributed by atoms with van der Waals surface area (Å²) in [5.41, 5.74) is 0.0910. The fourth-order valence-corrected chi connectivity index (χ4v) is 2.89. The van der Waals surface area contributed by atoms with E-state index < -0.39 is 0 Å². The minimum absolute atomic E-state index is 0.0910. The Labute approximate surface area is 107 Å². The van der Waals surface area contributed by atoms with E-state index in [9.17, 15) is 4.79 Å². The van der Waals surface area contributed by atoms with E-state index >= 15 is 0 Å². The molecule has 5 nitrogen and oxygen atoms in total. The van der Waals surface area contributed by atoms with Gasteiger partial charge in [-0.15, -0.1) is 0 Å². The van der Waals surface area contributed by atoms with Crippen molar-refractivity contribution >= 4 is 0 Å². The molecule has 2 aliphatic rings. The highest BCUT2D eigenvalue weighted by atomic mass is 16.2. The van der Waals surface area contributed by atoms with Crippen LogP contribution in [0.25, 0.3) is 0 Å². The summed E-state index contributed by atoms with van der Waals surface area (Å²) < 4.78 is 3.55. The summed E-state index contributed by atoms with van der Waals surface area (Å²) in [6, 6.07) is 0.421. The maximum Gasteiger partial charge on any atom is 0.345 e. The van der Waals surface area contributed by atoms with Crippen LogP contribution in [0.2, 0.25) is 0 Å². The molecular weight excluding hydrogens is 228 g/mol. The fourth-order valence-electron chi connectivity index (χ4n) is 2.89. The minimum Gasteiger partial charge on any atom is -0.312 e. The number of rotatable bonds is 5. The van der Waals surface area contributed by atoms with Crippen molar-refractivity contribution in [2.75, 3.05) is 6.54 Å². The van der Waals surface area contributed by atoms with Crippen molar-refractivity contribution in [1.82, 2.24) is 19.7 Å². The van der Waals surface area contributed by atoms with Gasteiger partial charge >= 0.3 is 5.69 Å². The van der Waals surface area contributed by atoms with Crippen LogP contribution in [0.15, 0.2) is 4.79 Å². The van der Waals surface area contributed by atoms with E-state index in [0.29, 0.717) is 6.04 Å². The van der Waals surface area contributed by atoms with Crippen molar-refractivity contribution in [1.29, 1.82) is 0 Å². The summed E-state index contributed by atoms with van der Waals surface area (Å²) in [6.45, 7) is 4.67. The number of nitrogens with one attached hydrogen (secondary N) is 1. The molecule has 100 valence electrons. The molecule has 1 aromatic rings. The summed E-state index contributed by atoms with van der Waals surface area (Å²) in [4.78, 5) is 12.2. The van der Waals surface area contributed by atoms with Gasteiger partial charge in [0.25, 0.3) is 0 Å². The highest BCUT2D eigenvalue weighted by Crippen LogP contribution is 2.33. The molecule has 0 saturated heterocycles. The first kappa shape index (κ1) is 12.0. The van der Waals surface area contributed by atoms with Crippen LogP contribution in [0.3, 0.4) is 0 Å². The van der Waals surface area contributed by atoms with Gasteiger partial charge in [0, 0.05) is 19.0 Å². The molecule has 1 saturated carbocycles.